The minimum Gasteiger partial charge on any atom is -0.353 e. The summed E-state index contributed by atoms with van der Waals surface area (Å²) in [5, 5.41) is 2.43. The first-order valence-electron chi connectivity index (χ1n) is 7.87. The second-order valence-electron chi connectivity index (χ2n) is 5.85. The molecule has 0 spiro atoms. The lowest BCUT2D eigenvalue weighted by Gasteiger charge is -2.08. The molecule has 0 saturated heterocycles. The molecule has 0 fully saturated rings. The number of aromatic nitrogens is 1. The molecule has 0 aliphatic carbocycles. The molecule has 3 rings (SSSR count). The number of rotatable bonds is 5. The van der Waals surface area contributed by atoms with Crippen LogP contribution in [-0.4, -0.2) is 11.5 Å². The minimum absolute atomic E-state index is 0.660. The highest BCUT2D eigenvalue weighted by Crippen LogP contribution is 2.37. The number of nitrogens with one attached hydrogen (secondary N) is 1. The fraction of sp³-hybridized carbons (Fsp3) is 0.263. The average Bonchev–Trinajstić information content (AvgIpc) is 2.87. The summed E-state index contributed by atoms with van der Waals surface area (Å²) >= 11 is 12.6. The maximum Gasteiger partial charge on any atom is 0.0662 e. The van der Waals surface area contributed by atoms with E-state index in [9.17, 15) is 0 Å². The fourth-order valence-electron chi connectivity index (χ4n) is 3.06. The van der Waals surface area contributed by atoms with Crippen molar-refractivity contribution in [3.63, 3.8) is 0 Å². The first kappa shape index (κ1) is 16.4. The topological polar surface area (TPSA) is 41.8 Å². The predicted octanol–water partition coefficient (Wildman–Crippen LogP) is 5.73. The standard InChI is InChI=1S/C19H20Cl2N2/c1-12-6-2-3-7-14(12)18-15(8-4-5-9-22)16-10-13(20)11-17(21)19(16)23-18/h2-3,6-7,10-11,23H,4-5,8-9,22H2,1H3. The first-order chi connectivity index (χ1) is 11.1. The molecule has 0 atom stereocenters. The van der Waals surface area contributed by atoms with Crippen molar-refractivity contribution in [2.45, 2.75) is 26.2 Å². The number of H-pyrrole nitrogens is 1. The molecular weight excluding hydrogens is 327 g/mol. The number of aromatic amines is 1. The van der Waals surface area contributed by atoms with Crippen LogP contribution in [0.3, 0.4) is 0 Å². The van der Waals surface area contributed by atoms with E-state index in [0.717, 1.165) is 35.9 Å². The van der Waals surface area contributed by atoms with E-state index in [1.807, 2.05) is 6.07 Å². The Labute approximate surface area is 146 Å². The van der Waals surface area contributed by atoms with Crippen molar-refractivity contribution in [2.75, 3.05) is 6.54 Å². The molecule has 2 nitrogen and oxygen atoms in total. The molecular formula is C19H20Cl2N2. The second kappa shape index (κ2) is 6.96. The van der Waals surface area contributed by atoms with E-state index < -0.39 is 0 Å². The maximum atomic E-state index is 6.40. The summed E-state index contributed by atoms with van der Waals surface area (Å²) in [4.78, 5) is 3.52. The van der Waals surface area contributed by atoms with Gasteiger partial charge in [-0.2, -0.15) is 0 Å². The van der Waals surface area contributed by atoms with Gasteiger partial charge in [0.25, 0.3) is 0 Å². The number of fused-ring (bicyclic) bond motifs is 1. The molecule has 0 bridgehead atoms. The van der Waals surface area contributed by atoms with Gasteiger partial charge >= 0.3 is 0 Å². The van der Waals surface area contributed by atoms with Crippen LogP contribution in [0, 0.1) is 6.92 Å². The Morgan fingerprint density at radius 3 is 2.61 bits per heavy atom. The average molecular weight is 347 g/mol. The zero-order valence-corrected chi connectivity index (χ0v) is 14.6. The van der Waals surface area contributed by atoms with Crippen LogP contribution in [0.1, 0.15) is 24.0 Å². The summed E-state index contributed by atoms with van der Waals surface area (Å²) in [5.74, 6) is 0. The summed E-state index contributed by atoms with van der Waals surface area (Å²) in [5.41, 5.74) is 11.5. The Kier molecular flexibility index (Phi) is 4.96. The molecule has 0 aliphatic rings. The van der Waals surface area contributed by atoms with Gasteiger partial charge in [-0.05, 0) is 56.0 Å². The van der Waals surface area contributed by atoms with Crippen molar-refractivity contribution >= 4 is 34.1 Å². The Balaban J connectivity index is 2.21. The van der Waals surface area contributed by atoms with Crippen molar-refractivity contribution in [1.29, 1.82) is 0 Å². The van der Waals surface area contributed by atoms with Gasteiger partial charge in [0.15, 0.2) is 0 Å². The number of aryl methyl sites for hydroxylation is 2. The molecule has 2 aromatic carbocycles. The molecule has 1 aromatic heterocycles. The van der Waals surface area contributed by atoms with Crippen LogP contribution >= 0.6 is 23.2 Å². The van der Waals surface area contributed by atoms with Crippen LogP contribution in [0.5, 0.6) is 0 Å². The van der Waals surface area contributed by atoms with E-state index in [1.165, 1.54) is 16.7 Å². The van der Waals surface area contributed by atoms with E-state index in [-0.39, 0.29) is 0 Å². The van der Waals surface area contributed by atoms with Crippen molar-refractivity contribution in [1.82, 2.24) is 4.98 Å². The molecule has 3 aromatic rings. The molecule has 0 unspecified atom stereocenters. The van der Waals surface area contributed by atoms with Gasteiger partial charge in [0, 0.05) is 21.7 Å². The quantitative estimate of drug-likeness (QED) is 0.569. The van der Waals surface area contributed by atoms with E-state index in [1.54, 1.807) is 6.07 Å². The third-order valence-corrected chi connectivity index (χ3v) is 4.74. The molecule has 23 heavy (non-hydrogen) atoms. The smallest absolute Gasteiger partial charge is 0.0662 e. The minimum atomic E-state index is 0.660. The lowest BCUT2D eigenvalue weighted by Crippen LogP contribution is -1.99. The zero-order valence-electron chi connectivity index (χ0n) is 13.1. The van der Waals surface area contributed by atoms with Crippen LogP contribution in [0.15, 0.2) is 36.4 Å². The van der Waals surface area contributed by atoms with Crippen LogP contribution in [-0.2, 0) is 6.42 Å². The highest BCUT2D eigenvalue weighted by Gasteiger charge is 2.16. The summed E-state index contributed by atoms with van der Waals surface area (Å²) in [6, 6.07) is 12.2. The molecule has 0 amide bonds. The number of unbranched alkanes of at least 4 members (excludes halogenated alkanes) is 1. The van der Waals surface area contributed by atoms with Gasteiger partial charge in [-0.25, -0.2) is 0 Å². The lowest BCUT2D eigenvalue weighted by molar-refractivity contribution is 0.748. The number of nitrogens with two attached hydrogens (primary N) is 1. The van der Waals surface area contributed by atoms with Gasteiger partial charge in [-0.3, -0.25) is 0 Å². The molecule has 0 radical (unpaired) electrons. The molecule has 1 heterocycles. The Hall–Kier alpha value is -1.48. The van der Waals surface area contributed by atoms with E-state index in [4.69, 9.17) is 28.9 Å². The van der Waals surface area contributed by atoms with Crippen molar-refractivity contribution < 1.29 is 0 Å². The van der Waals surface area contributed by atoms with E-state index in [0.29, 0.717) is 16.6 Å². The fourth-order valence-corrected chi connectivity index (χ4v) is 3.60. The monoisotopic (exact) mass is 346 g/mol. The predicted molar refractivity (Wildman–Crippen MR) is 100 cm³/mol. The van der Waals surface area contributed by atoms with Crippen molar-refractivity contribution in [2.24, 2.45) is 5.73 Å². The highest BCUT2D eigenvalue weighted by atomic mass is 35.5. The third-order valence-electron chi connectivity index (χ3n) is 4.23. The summed E-state index contributed by atoms with van der Waals surface area (Å²) < 4.78 is 0. The van der Waals surface area contributed by atoms with E-state index >= 15 is 0 Å². The van der Waals surface area contributed by atoms with Crippen LogP contribution in [0.4, 0.5) is 0 Å². The van der Waals surface area contributed by atoms with Gasteiger partial charge in [-0.1, -0.05) is 47.5 Å². The Morgan fingerprint density at radius 2 is 1.87 bits per heavy atom. The third kappa shape index (κ3) is 3.25. The lowest BCUT2D eigenvalue weighted by atomic mass is 9.98. The summed E-state index contributed by atoms with van der Waals surface area (Å²) in [6.07, 6.45) is 3.01. The van der Waals surface area contributed by atoms with Crippen LogP contribution in [0.25, 0.3) is 22.2 Å². The molecule has 120 valence electrons. The zero-order chi connectivity index (χ0) is 16.4. The highest BCUT2D eigenvalue weighted by molar-refractivity contribution is 6.38. The number of hydrogen-bond donors (Lipinski definition) is 2. The summed E-state index contributed by atoms with van der Waals surface area (Å²) in [7, 11) is 0. The van der Waals surface area contributed by atoms with Gasteiger partial charge in [0.2, 0.25) is 0 Å². The SMILES string of the molecule is Cc1ccccc1-c1[nH]c2c(Cl)cc(Cl)cc2c1CCCCN. The normalized spacial score (nSPS) is 11.3. The van der Waals surface area contributed by atoms with Gasteiger partial charge in [0.1, 0.15) is 0 Å². The number of halogens is 2. The molecule has 4 heteroatoms. The van der Waals surface area contributed by atoms with Crippen molar-refractivity contribution in [3.05, 3.63) is 57.6 Å². The van der Waals surface area contributed by atoms with Gasteiger partial charge in [0.05, 0.1) is 10.5 Å². The van der Waals surface area contributed by atoms with Crippen molar-refractivity contribution in [3.8, 4) is 11.3 Å². The Morgan fingerprint density at radius 1 is 1.09 bits per heavy atom. The summed E-state index contributed by atoms with van der Waals surface area (Å²) in [6.45, 7) is 2.84. The number of benzene rings is 2. The second-order valence-corrected chi connectivity index (χ2v) is 6.69. The van der Waals surface area contributed by atoms with E-state index in [2.05, 4.69) is 36.2 Å². The number of hydrogen-bond acceptors (Lipinski definition) is 1. The van der Waals surface area contributed by atoms with Gasteiger partial charge < -0.3 is 10.7 Å². The Bertz CT molecular complexity index is 837. The maximum absolute atomic E-state index is 6.40. The van der Waals surface area contributed by atoms with Crippen LogP contribution in [0.2, 0.25) is 10.0 Å². The molecule has 0 saturated carbocycles. The molecule has 0 aliphatic heterocycles. The van der Waals surface area contributed by atoms with Crippen LogP contribution < -0.4 is 5.73 Å². The first-order valence-corrected chi connectivity index (χ1v) is 8.63. The molecule has 3 N–H and O–H groups in total. The van der Waals surface area contributed by atoms with Gasteiger partial charge in [-0.15, -0.1) is 0 Å². The largest absolute Gasteiger partial charge is 0.353 e.